The summed E-state index contributed by atoms with van der Waals surface area (Å²) in [5, 5.41) is 9.12. The van der Waals surface area contributed by atoms with Crippen LogP contribution in [0.5, 0.6) is 0 Å². The minimum atomic E-state index is -0.801. The third-order valence-electron chi connectivity index (χ3n) is 2.71. The number of carboxylic acid groups (broad SMARTS) is 1. The maximum Gasteiger partial charge on any atom is 0.331 e. The highest BCUT2D eigenvalue weighted by molar-refractivity contribution is 5.92. The van der Waals surface area contributed by atoms with E-state index in [0.29, 0.717) is 12.0 Å². The van der Waals surface area contributed by atoms with Crippen molar-refractivity contribution in [2.45, 2.75) is 39.0 Å². The molecule has 1 aromatic carbocycles. The summed E-state index contributed by atoms with van der Waals surface area (Å²) in [4.78, 5) is 11.1. The summed E-state index contributed by atoms with van der Waals surface area (Å²) in [6.07, 6.45) is 6.84. The smallest absolute Gasteiger partial charge is 0.331 e. The van der Waals surface area contributed by atoms with Crippen molar-refractivity contribution < 1.29 is 9.90 Å². The van der Waals surface area contributed by atoms with Crippen LogP contribution in [0.15, 0.2) is 35.9 Å². The van der Waals surface area contributed by atoms with Crippen molar-refractivity contribution >= 4 is 12.0 Å². The molecule has 0 fully saturated rings. The minimum absolute atomic E-state index is 0.507. The molecule has 2 nitrogen and oxygen atoms in total. The van der Waals surface area contributed by atoms with Crippen LogP contribution in [0.4, 0.5) is 0 Å². The summed E-state index contributed by atoms with van der Waals surface area (Å²) in [7, 11) is 0. The first-order valence-corrected chi connectivity index (χ1v) is 6.23. The summed E-state index contributed by atoms with van der Waals surface area (Å²) in [5.41, 5.74) is 1.47. The van der Waals surface area contributed by atoms with Crippen LogP contribution in [0.1, 0.15) is 44.6 Å². The van der Waals surface area contributed by atoms with Crippen LogP contribution < -0.4 is 0 Å². The summed E-state index contributed by atoms with van der Waals surface area (Å²) in [6, 6.07) is 9.62. The van der Waals surface area contributed by atoms with Crippen molar-refractivity contribution in [3.8, 4) is 0 Å². The Bertz CT molecular complexity index is 366. The topological polar surface area (TPSA) is 37.3 Å². The zero-order valence-corrected chi connectivity index (χ0v) is 10.4. The number of rotatable bonds is 7. The SMILES string of the molecule is CCCCCCC(=Cc1ccccc1)C(=O)O. The van der Waals surface area contributed by atoms with Crippen LogP contribution in [-0.2, 0) is 4.79 Å². The van der Waals surface area contributed by atoms with E-state index in [9.17, 15) is 4.79 Å². The summed E-state index contributed by atoms with van der Waals surface area (Å²) in [5.74, 6) is -0.801. The number of aliphatic carboxylic acids is 1. The van der Waals surface area contributed by atoms with Gasteiger partial charge in [-0.25, -0.2) is 4.79 Å². The normalized spacial score (nSPS) is 11.5. The van der Waals surface area contributed by atoms with Gasteiger partial charge in [0, 0.05) is 5.57 Å². The number of carboxylic acids is 1. The molecule has 0 bridgehead atoms. The van der Waals surface area contributed by atoms with E-state index in [1.807, 2.05) is 30.3 Å². The van der Waals surface area contributed by atoms with Gasteiger partial charge in [0.1, 0.15) is 0 Å². The third kappa shape index (κ3) is 5.34. The van der Waals surface area contributed by atoms with Crippen molar-refractivity contribution in [1.29, 1.82) is 0 Å². The predicted octanol–water partition coefficient (Wildman–Crippen LogP) is 4.13. The van der Waals surface area contributed by atoms with Crippen LogP contribution in [0.2, 0.25) is 0 Å². The lowest BCUT2D eigenvalue weighted by atomic mass is 10.0. The number of benzene rings is 1. The van der Waals surface area contributed by atoms with Crippen molar-refractivity contribution in [3.63, 3.8) is 0 Å². The monoisotopic (exact) mass is 232 g/mol. The first-order chi connectivity index (χ1) is 8.24. The Labute approximate surface area is 103 Å². The Hall–Kier alpha value is -1.57. The van der Waals surface area contributed by atoms with E-state index >= 15 is 0 Å². The van der Waals surface area contributed by atoms with Crippen LogP contribution in [0, 0.1) is 0 Å². The lowest BCUT2D eigenvalue weighted by molar-refractivity contribution is -0.132. The van der Waals surface area contributed by atoms with Crippen molar-refractivity contribution in [1.82, 2.24) is 0 Å². The molecule has 0 spiro atoms. The van der Waals surface area contributed by atoms with Gasteiger partial charge in [-0.2, -0.15) is 0 Å². The molecule has 0 saturated heterocycles. The standard InChI is InChI=1S/C15H20O2/c1-2-3-4-8-11-14(15(16)17)12-13-9-6-5-7-10-13/h5-7,9-10,12H,2-4,8,11H2,1H3,(H,16,17). The van der Waals surface area contributed by atoms with Crippen LogP contribution in [-0.4, -0.2) is 11.1 Å². The Kier molecular flexibility index (Phi) is 6.08. The predicted molar refractivity (Wildman–Crippen MR) is 70.8 cm³/mol. The molecular formula is C15H20O2. The van der Waals surface area contributed by atoms with Gasteiger partial charge in [-0.3, -0.25) is 0 Å². The quantitative estimate of drug-likeness (QED) is 0.567. The van der Waals surface area contributed by atoms with Crippen molar-refractivity contribution in [2.75, 3.05) is 0 Å². The average Bonchev–Trinajstić information content (AvgIpc) is 2.34. The molecule has 0 saturated carbocycles. The molecule has 1 aromatic rings. The maximum absolute atomic E-state index is 11.1. The molecule has 0 radical (unpaired) electrons. The first kappa shape index (κ1) is 13.5. The van der Waals surface area contributed by atoms with E-state index in [1.165, 1.54) is 12.8 Å². The summed E-state index contributed by atoms with van der Waals surface area (Å²) >= 11 is 0. The van der Waals surface area contributed by atoms with Gasteiger partial charge in [0.05, 0.1) is 0 Å². The largest absolute Gasteiger partial charge is 0.478 e. The Morgan fingerprint density at radius 1 is 1.18 bits per heavy atom. The fourth-order valence-electron chi connectivity index (χ4n) is 1.73. The molecule has 0 amide bonds. The van der Waals surface area contributed by atoms with E-state index in [0.717, 1.165) is 18.4 Å². The fraction of sp³-hybridized carbons (Fsp3) is 0.400. The van der Waals surface area contributed by atoms with Gasteiger partial charge in [-0.05, 0) is 24.5 Å². The second-order valence-electron chi connectivity index (χ2n) is 4.20. The Morgan fingerprint density at radius 3 is 2.47 bits per heavy atom. The van der Waals surface area contributed by atoms with E-state index in [1.54, 1.807) is 6.08 Å². The first-order valence-electron chi connectivity index (χ1n) is 6.23. The summed E-state index contributed by atoms with van der Waals surface area (Å²) < 4.78 is 0. The second-order valence-corrected chi connectivity index (χ2v) is 4.20. The molecule has 0 aliphatic rings. The van der Waals surface area contributed by atoms with E-state index in [-0.39, 0.29) is 0 Å². The second kappa shape index (κ2) is 7.66. The van der Waals surface area contributed by atoms with E-state index < -0.39 is 5.97 Å². The average molecular weight is 232 g/mol. The zero-order valence-electron chi connectivity index (χ0n) is 10.4. The van der Waals surface area contributed by atoms with Crippen LogP contribution >= 0.6 is 0 Å². The lowest BCUT2D eigenvalue weighted by Gasteiger charge is -2.02. The van der Waals surface area contributed by atoms with Gasteiger partial charge >= 0.3 is 5.97 Å². The molecule has 0 aliphatic heterocycles. The number of unbranched alkanes of at least 4 members (excludes halogenated alkanes) is 3. The van der Waals surface area contributed by atoms with Gasteiger partial charge in [0.2, 0.25) is 0 Å². The zero-order chi connectivity index (χ0) is 12.5. The van der Waals surface area contributed by atoms with Crippen molar-refractivity contribution in [3.05, 3.63) is 41.5 Å². The molecule has 0 heterocycles. The maximum atomic E-state index is 11.1. The fourth-order valence-corrected chi connectivity index (χ4v) is 1.73. The minimum Gasteiger partial charge on any atom is -0.478 e. The number of hydrogen-bond donors (Lipinski definition) is 1. The van der Waals surface area contributed by atoms with E-state index in [4.69, 9.17) is 5.11 Å². The molecule has 0 unspecified atom stereocenters. The molecule has 2 heteroatoms. The lowest BCUT2D eigenvalue weighted by Crippen LogP contribution is -2.00. The molecule has 0 atom stereocenters. The highest BCUT2D eigenvalue weighted by Crippen LogP contribution is 2.14. The van der Waals surface area contributed by atoms with Gasteiger partial charge in [0.15, 0.2) is 0 Å². The molecule has 17 heavy (non-hydrogen) atoms. The van der Waals surface area contributed by atoms with E-state index in [2.05, 4.69) is 6.92 Å². The number of carbonyl (C=O) groups is 1. The van der Waals surface area contributed by atoms with Crippen LogP contribution in [0.25, 0.3) is 6.08 Å². The highest BCUT2D eigenvalue weighted by atomic mass is 16.4. The highest BCUT2D eigenvalue weighted by Gasteiger charge is 2.06. The van der Waals surface area contributed by atoms with Gasteiger partial charge in [-0.15, -0.1) is 0 Å². The van der Waals surface area contributed by atoms with Gasteiger partial charge in [-0.1, -0.05) is 56.5 Å². The Morgan fingerprint density at radius 2 is 1.88 bits per heavy atom. The molecule has 1 N–H and O–H groups in total. The summed E-state index contributed by atoms with van der Waals surface area (Å²) in [6.45, 7) is 2.15. The van der Waals surface area contributed by atoms with Crippen molar-refractivity contribution in [2.24, 2.45) is 0 Å². The molecule has 0 aromatic heterocycles. The Balaban J connectivity index is 2.60. The molecule has 0 aliphatic carbocycles. The van der Waals surface area contributed by atoms with Crippen LogP contribution in [0.3, 0.4) is 0 Å². The molecule has 1 rings (SSSR count). The van der Waals surface area contributed by atoms with Gasteiger partial charge < -0.3 is 5.11 Å². The molecule has 92 valence electrons. The third-order valence-corrected chi connectivity index (χ3v) is 2.71. The van der Waals surface area contributed by atoms with Gasteiger partial charge in [0.25, 0.3) is 0 Å². The molecular weight excluding hydrogens is 212 g/mol. The number of hydrogen-bond acceptors (Lipinski definition) is 1.